The average molecular weight is 327 g/mol. The Morgan fingerprint density at radius 3 is 2.18 bits per heavy atom. The van der Waals surface area contributed by atoms with Crippen LogP contribution >= 0.6 is 11.6 Å². The summed E-state index contributed by atoms with van der Waals surface area (Å²) in [5, 5.41) is -0.508. The van der Waals surface area contributed by atoms with Crippen LogP contribution in [0.25, 0.3) is 0 Å². The molecule has 0 heterocycles. The van der Waals surface area contributed by atoms with Gasteiger partial charge in [0.2, 0.25) is 5.78 Å². The van der Waals surface area contributed by atoms with Crippen molar-refractivity contribution in [1.82, 2.24) is 0 Å². The van der Waals surface area contributed by atoms with Crippen molar-refractivity contribution in [3.05, 3.63) is 35.9 Å². The molecule has 1 rings (SSSR count). The van der Waals surface area contributed by atoms with Crippen LogP contribution < -0.4 is 0 Å². The molecule has 1 aromatic rings. The lowest BCUT2D eigenvalue weighted by Gasteiger charge is -2.35. The molecular formula is C18H27ClO3. The summed E-state index contributed by atoms with van der Waals surface area (Å²) in [5.41, 5.74) is 0.561. The Bertz CT molecular complexity index is 427. The van der Waals surface area contributed by atoms with Gasteiger partial charge in [-0.3, -0.25) is 4.79 Å². The molecular weight excluding hydrogens is 300 g/mol. The van der Waals surface area contributed by atoms with E-state index in [1.165, 1.54) is 0 Å². The lowest BCUT2D eigenvalue weighted by Crippen LogP contribution is -2.52. The van der Waals surface area contributed by atoms with Gasteiger partial charge in [0.1, 0.15) is 0 Å². The molecule has 4 heteroatoms. The molecule has 22 heavy (non-hydrogen) atoms. The van der Waals surface area contributed by atoms with Crippen LogP contribution in [0.5, 0.6) is 0 Å². The Balaban J connectivity index is 3.05. The van der Waals surface area contributed by atoms with Crippen molar-refractivity contribution >= 4 is 17.4 Å². The van der Waals surface area contributed by atoms with Crippen molar-refractivity contribution in [2.24, 2.45) is 0 Å². The van der Waals surface area contributed by atoms with Gasteiger partial charge in [-0.1, -0.05) is 56.5 Å². The molecule has 0 saturated carbocycles. The van der Waals surface area contributed by atoms with Gasteiger partial charge in [0.15, 0.2) is 0 Å². The SMILES string of the molecule is CCCCCC(Cl)C(OCC)(OCC)C(=O)c1ccccc1. The number of ketones is 1. The molecule has 1 unspecified atom stereocenters. The van der Waals surface area contributed by atoms with Crippen molar-refractivity contribution in [2.75, 3.05) is 13.2 Å². The molecule has 0 radical (unpaired) electrons. The number of benzene rings is 1. The predicted octanol–water partition coefficient (Wildman–Crippen LogP) is 4.83. The van der Waals surface area contributed by atoms with Crippen LogP contribution in [-0.4, -0.2) is 30.2 Å². The van der Waals surface area contributed by atoms with Gasteiger partial charge < -0.3 is 9.47 Å². The van der Waals surface area contributed by atoms with Crippen LogP contribution in [0.2, 0.25) is 0 Å². The molecule has 0 N–H and O–H groups in total. The highest BCUT2D eigenvalue weighted by Crippen LogP contribution is 2.31. The van der Waals surface area contributed by atoms with Crippen molar-refractivity contribution < 1.29 is 14.3 Å². The van der Waals surface area contributed by atoms with E-state index in [9.17, 15) is 4.79 Å². The highest BCUT2D eigenvalue weighted by molar-refractivity contribution is 6.24. The first-order valence-electron chi connectivity index (χ1n) is 8.14. The van der Waals surface area contributed by atoms with Gasteiger partial charge in [-0.2, -0.15) is 0 Å². The molecule has 124 valence electrons. The van der Waals surface area contributed by atoms with Crippen LogP contribution in [0.3, 0.4) is 0 Å². The highest BCUT2D eigenvalue weighted by atomic mass is 35.5. The number of alkyl halides is 1. The summed E-state index contributed by atoms with van der Waals surface area (Å²) in [4.78, 5) is 13.0. The Morgan fingerprint density at radius 1 is 1.09 bits per heavy atom. The number of Topliss-reactive ketones (excluding diaryl/α,β-unsaturated/α-hetero) is 1. The predicted molar refractivity (Wildman–Crippen MR) is 90.5 cm³/mol. The third-order valence-electron chi connectivity index (χ3n) is 3.54. The summed E-state index contributed by atoms with van der Waals surface area (Å²) in [6, 6.07) is 9.07. The first-order chi connectivity index (χ1) is 10.6. The minimum Gasteiger partial charge on any atom is -0.342 e. The van der Waals surface area contributed by atoms with Crippen LogP contribution in [0.1, 0.15) is 56.8 Å². The second-order valence-electron chi connectivity index (χ2n) is 5.19. The van der Waals surface area contributed by atoms with Gasteiger partial charge in [0.05, 0.1) is 5.38 Å². The molecule has 0 amide bonds. The molecule has 0 aliphatic carbocycles. The Morgan fingerprint density at radius 2 is 1.68 bits per heavy atom. The number of rotatable bonds is 11. The van der Waals surface area contributed by atoms with Crippen LogP contribution in [0.15, 0.2) is 30.3 Å². The average Bonchev–Trinajstić information content (AvgIpc) is 2.54. The van der Waals surface area contributed by atoms with E-state index in [0.717, 1.165) is 19.3 Å². The summed E-state index contributed by atoms with van der Waals surface area (Å²) in [5.74, 6) is -1.60. The van der Waals surface area contributed by atoms with Gasteiger partial charge in [-0.15, -0.1) is 11.6 Å². The summed E-state index contributed by atoms with van der Waals surface area (Å²) in [7, 11) is 0. The minimum atomic E-state index is -1.40. The first kappa shape index (κ1) is 19.1. The smallest absolute Gasteiger partial charge is 0.250 e. The van der Waals surface area contributed by atoms with E-state index in [0.29, 0.717) is 25.2 Å². The number of unbranched alkanes of at least 4 members (excludes halogenated alkanes) is 2. The number of carbonyl (C=O) groups is 1. The zero-order valence-electron chi connectivity index (χ0n) is 13.8. The quantitative estimate of drug-likeness (QED) is 0.253. The molecule has 0 aliphatic heterocycles. The van der Waals surface area contributed by atoms with Crippen molar-refractivity contribution in [2.45, 2.75) is 57.6 Å². The summed E-state index contributed by atoms with van der Waals surface area (Å²) < 4.78 is 11.6. The summed E-state index contributed by atoms with van der Waals surface area (Å²) in [6.07, 6.45) is 3.83. The number of hydrogen-bond donors (Lipinski definition) is 0. The van der Waals surface area contributed by atoms with Crippen LogP contribution in [0, 0.1) is 0 Å². The molecule has 3 nitrogen and oxygen atoms in total. The first-order valence-corrected chi connectivity index (χ1v) is 8.57. The van der Waals surface area contributed by atoms with E-state index in [2.05, 4.69) is 6.92 Å². The zero-order valence-corrected chi connectivity index (χ0v) is 14.6. The lowest BCUT2D eigenvalue weighted by molar-refractivity contribution is -0.198. The maximum absolute atomic E-state index is 13.0. The molecule has 1 atom stereocenters. The molecule has 0 spiro atoms. The van der Waals surface area contributed by atoms with E-state index in [4.69, 9.17) is 21.1 Å². The van der Waals surface area contributed by atoms with Gasteiger partial charge in [0.25, 0.3) is 5.79 Å². The lowest BCUT2D eigenvalue weighted by atomic mass is 9.96. The highest BCUT2D eigenvalue weighted by Gasteiger charge is 2.47. The number of halogens is 1. The molecule has 0 fully saturated rings. The zero-order chi connectivity index (χ0) is 16.4. The summed E-state index contributed by atoms with van der Waals surface area (Å²) in [6.45, 7) is 6.57. The van der Waals surface area contributed by atoms with Crippen molar-refractivity contribution in [3.8, 4) is 0 Å². The maximum atomic E-state index is 13.0. The van der Waals surface area contributed by atoms with E-state index >= 15 is 0 Å². The second-order valence-corrected chi connectivity index (χ2v) is 5.72. The van der Waals surface area contributed by atoms with E-state index in [-0.39, 0.29) is 5.78 Å². The molecule has 0 aromatic heterocycles. The van der Waals surface area contributed by atoms with E-state index in [1.54, 1.807) is 12.1 Å². The topological polar surface area (TPSA) is 35.5 Å². The third-order valence-corrected chi connectivity index (χ3v) is 4.05. The Kier molecular flexibility index (Phi) is 8.69. The van der Waals surface area contributed by atoms with E-state index in [1.807, 2.05) is 32.0 Å². The van der Waals surface area contributed by atoms with Crippen LogP contribution in [-0.2, 0) is 9.47 Å². The van der Waals surface area contributed by atoms with Gasteiger partial charge in [-0.25, -0.2) is 0 Å². The van der Waals surface area contributed by atoms with E-state index < -0.39 is 11.2 Å². The standard InChI is InChI=1S/C18H27ClO3/c1-4-7-9-14-16(19)18(21-5-2,22-6-3)17(20)15-12-10-8-11-13-15/h8,10-13,16H,4-7,9,14H2,1-3H3. The molecule has 0 aliphatic rings. The number of carbonyl (C=O) groups excluding carboxylic acids is 1. The van der Waals surface area contributed by atoms with Crippen molar-refractivity contribution in [3.63, 3.8) is 0 Å². The van der Waals surface area contributed by atoms with Crippen LogP contribution in [0.4, 0.5) is 0 Å². The van der Waals surface area contributed by atoms with Crippen molar-refractivity contribution in [1.29, 1.82) is 0 Å². The fourth-order valence-corrected chi connectivity index (χ4v) is 2.86. The molecule has 1 aromatic carbocycles. The monoisotopic (exact) mass is 326 g/mol. The maximum Gasteiger partial charge on any atom is 0.250 e. The Labute approximate surface area is 139 Å². The number of ether oxygens (including phenoxy) is 2. The fraction of sp³-hybridized carbons (Fsp3) is 0.611. The van der Waals surface area contributed by atoms with Gasteiger partial charge in [-0.05, 0) is 20.3 Å². The minimum absolute atomic E-state index is 0.201. The fourth-order valence-electron chi connectivity index (χ4n) is 2.48. The molecule has 0 bridgehead atoms. The third kappa shape index (κ3) is 4.80. The van der Waals surface area contributed by atoms with Gasteiger partial charge >= 0.3 is 0 Å². The van der Waals surface area contributed by atoms with Gasteiger partial charge in [0, 0.05) is 18.8 Å². The normalized spacial score (nSPS) is 13.1. The largest absolute Gasteiger partial charge is 0.342 e. The number of hydrogen-bond acceptors (Lipinski definition) is 3. The Hall–Kier alpha value is -0.900. The summed E-state index contributed by atoms with van der Waals surface area (Å²) >= 11 is 6.57. The second kappa shape index (κ2) is 9.98. The molecule has 0 saturated heterocycles.